The minimum absolute atomic E-state index is 0.0832. The Morgan fingerprint density at radius 1 is 0.840 bits per heavy atom. The zero-order chi connectivity index (χ0) is 36.3. The molecule has 11 heteroatoms. The summed E-state index contributed by atoms with van der Waals surface area (Å²) in [6, 6.07) is 16.2. The molecule has 2 amide bonds. The average Bonchev–Trinajstić information content (AvgIpc) is 3.61. The van der Waals surface area contributed by atoms with Crippen LogP contribution < -0.4 is 15.4 Å². The smallest absolute Gasteiger partial charge is 0.328 e. The van der Waals surface area contributed by atoms with Crippen LogP contribution in [0, 0.1) is 0 Å². The summed E-state index contributed by atoms with van der Waals surface area (Å²) >= 11 is 1.34. The van der Waals surface area contributed by atoms with Gasteiger partial charge in [-0.25, -0.2) is 14.8 Å². The summed E-state index contributed by atoms with van der Waals surface area (Å²) in [7, 11) is 0. The van der Waals surface area contributed by atoms with Crippen molar-refractivity contribution in [2.24, 2.45) is 0 Å². The lowest BCUT2D eigenvalue weighted by atomic mass is 9.95. The van der Waals surface area contributed by atoms with E-state index in [0.29, 0.717) is 17.3 Å². The fourth-order valence-electron chi connectivity index (χ4n) is 5.24. The molecule has 0 radical (unpaired) electrons. The molecule has 4 rings (SSSR count). The van der Waals surface area contributed by atoms with Gasteiger partial charge < -0.3 is 25.6 Å². The predicted molar refractivity (Wildman–Crippen MR) is 196 cm³/mol. The van der Waals surface area contributed by atoms with Crippen molar-refractivity contribution in [2.45, 2.75) is 96.7 Å². The van der Waals surface area contributed by atoms with Crippen LogP contribution in [0.3, 0.4) is 0 Å². The van der Waals surface area contributed by atoms with Gasteiger partial charge in [-0.1, -0.05) is 89.8 Å². The normalized spacial score (nSPS) is 13.2. The summed E-state index contributed by atoms with van der Waals surface area (Å²) in [5.74, 6) is -1.17. The Kier molecular flexibility index (Phi) is 13.6. The van der Waals surface area contributed by atoms with Crippen LogP contribution in [-0.4, -0.2) is 62.8 Å². The first-order valence-corrected chi connectivity index (χ1v) is 17.9. The molecular weight excluding hydrogens is 653 g/mol. The van der Waals surface area contributed by atoms with Crippen molar-refractivity contribution in [2.75, 3.05) is 6.61 Å². The molecule has 2 aromatic heterocycles. The molecule has 0 aliphatic rings. The maximum absolute atomic E-state index is 13.3. The van der Waals surface area contributed by atoms with E-state index in [4.69, 9.17) is 4.74 Å². The highest BCUT2D eigenvalue weighted by Gasteiger charge is 2.30. The summed E-state index contributed by atoms with van der Waals surface area (Å²) in [6.07, 6.45) is 8.26. The van der Waals surface area contributed by atoms with Gasteiger partial charge in [-0.05, 0) is 54.2 Å². The van der Waals surface area contributed by atoms with E-state index in [1.807, 2.05) is 75.4 Å². The minimum Gasteiger partial charge on any atom is -0.494 e. The lowest BCUT2D eigenvalue weighted by Crippen LogP contribution is -2.55. The molecule has 2 aromatic carbocycles. The van der Waals surface area contributed by atoms with Crippen molar-refractivity contribution < 1.29 is 29.3 Å². The molecule has 3 atom stereocenters. The van der Waals surface area contributed by atoms with E-state index in [0.717, 1.165) is 39.3 Å². The molecule has 50 heavy (non-hydrogen) atoms. The van der Waals surface area contributed by atoms with Crippen molar-refractivity contribution in [3.63, 3.8) is 0 Å². The number of aliphatic hydroxyl groups is 1. The summed E-state index contributed by atoms with van der Waals surface area (Å²) in [4.78, 5) is 48.8. The first kappa shape index (κ1) is 38.2. The molecular formula is C39H48N4O6S. The van der Waals surface area contributed by atoms with Gasteiger partial charge in [0, 0.05) is 34.8 Å². The number of carboxylic acids is 1. The number of hydrogen-bond acceptors (Lipinski definition) is 8. The van der Waals surface area contributed by atoms with Crippen LogP contribution in [0.5, 0.6) is 5.75 Å². The van der Waals surface area contributed by atoms with Gasteiger partial charge in [0.2, 0.25) is 5.91 Å². The maximum Gasteiger partial charge on any atom is 0.328 e. The van der Waals surface area contributed by atoms with E-state index in [1.54, 1.807) is 18.5 Å². The average molecular weight is 701 g/mol. The van der Waals surface area contributed by atoms with Crippen LogP contribution in [0.25, 0.3) is 22.5 Å². The minimum atomic E-state index is -1.53. The zero-order valence-corrected chi connectivity index (χ0v) is 30.3. The number of aliphatic carboxylic acids is 1. The first-order chi connectivity index (χ1) is 23.8. The molecule has 4 aromatic rings. The molecule has 2 heterocycles. The summed E-state index contributed by atoms with van der Waals surface area (Å²) in [5, 5.41) is 24.6. The number of carboxylic acid groups (broad SMARTS) is 1. The second-order valence-corrected chi connectivity index (χ2v) is 14.6. The number of amides is 2. The second kappa shape index (κ2) is 17.9. The molecule has 4 N–H and O–H groups in total. The predicted octanol–water partition coefficient (Wildman–Crippen LogP) is 6.81. The van der Waals surface area contributed by atoms with Gasteiger partial charge in [-0.3, -0.25) is 9.59 Å². The second-order valence-electron chi connectivity index (χ2n) is 13.5. The number of carbonyl (C=O) groups excluding carboxylic acids is 2. The van der Waals surface area contributed by atoms with Crippen LogP contribution in [0.1, 0.15) is 86.8 Å². The Morgan fingerprint density at radius 2 is 1.48 bits per heavy atom. The van der Waals surface area contributed by atoms with Crippen molar-refractivity contribution >= 4 is 29.1 Å². The van der Waals surface area contributed by atoms with Gasteiger partial charge >= 0.3 is 5.97 Å². The highest BCUT2D eigenvalue weighted by molar-refractivity contribution is 7.14. The topological polar surface area (TPSA) is 151 Å². The number of carbonyl (C=O) groups is 3. The lowest BCUT2D eigenvalue weighted by molar-refractivity contribution is -0.145. The van der Waals surface area contributed by atoms with E-state index < -0.39 is 36.0 Å². The third-order valence-electron chi connectivity index (χ3n) is 8.25. The van der Waals surface area contributed by atoms with Gasteiger partial charge in [0.15, 0.2) is 11.9 Å². The summed E-state index contributed by atoms with van der Waals surface area (Å²) in [6.45, 7) is 10.3. The largest absolute Gasteiger partial charge is 0.494 e. The molecule has 0 saturated carbocycles. The number of rotatable bonds is 17. The van der Waals surface area contributed by atoms with E-state index >= 15 is 0 Å². The highest BCUT2D eigenvalue weighted by atomic mass is 32.1. The van der Waals surface area contributed by atoms with Gasteiger partial charge in [-0.15, -0.1) is 11.3 Å². The standard InChI is InChI=1S/C39H48N4O6S/c1-6-7-8-9-10-21-49-30-17-15-27(16-18-30)29-23-40-35(41-24-29)28-13-11-26(12-14-28)22-31(36(45)43-34(25(2)44)38(47)48)42-37(46)32-19-20-33(50-32)39(3,4)5/h11-20,23-25,31,34,44H,6-10,21-22H2,1-5H3,(H,42,46)(H,43,45)(H,47,48)/t25-,31-,34+/m0/s1. The number of ether oxygens (including phenoxy) is 1. The Hall–Kier alpha value is -4.61. The molecule has 0 fully saturated rings. The molecule has 0 aliphatic heterocycles. The number of nitrogens with one attached hydrogen (secondary N) is 2. The molecule has 0 aliphatic carbocycles. The van der Waals surface area contributed by atoms with Crippen molar-refractivity contribution in [3.8, 4) is 28.3 Å². The first-order valence-electron chi connectivity index (χ1n) is 17.1. The maximum atomic E-state index is 13.3. The van der Waals surface area contributed by atoms with E-state index in [1.165, 1.54) is 43.9 Å². The third-order valence-corrected chi connectivity index (χ3v) is 9.75. The molecule has 0 saturated heterocycles. The number of aromatic nitrogens is 2. The summed E-state index contributed by atoms with van der Waals surface area (Å²) in [5.41, 5.74) is 3.19. The molecule has 10 nitrogen and oxygen atoms in total. The van der Waals surface area contributed by atoms with Gasteiger partial charge in [0.05, 0.1) is 17.6 Å². The van der Waals surface area contributed by atoms with Crippen LogP contribution in [0.2, 0.25) is 0 Å². The van der Waals surface area contributed by atoms with Crippen LogP contribution in [0.4, 0.5) is 0 Å². The monoisotopic (exact) mass is 700 g/mol. The third kappa shape index (κ3) is 10.9. The van der Waals surface area contributed by atoms with E-state index in [2.05, 4.69) is 27.5 Å². The van der Waals surface area contributed by atoms with Crippen LogP contribution in [-0.2, 0) is 21.4 Å². The fraction of sp³-hybridized carbons (Fsp3) is 0.410. The number of thiophene rings is 1. The molecule has 0 unspecified atom stereocenters. The number of aliphatic hydroxyl groups excluding tert-OH is 1. The fourth-order valence-corrected chi connectivity index (χ4v) is 6.20. The van der Waals surface area contributed by atoms with Gasteiger partial charge in [-0.2, -0.15) is 0 Å². The summed E-state index contributed by atoms with van der Waals surface area (Å²) < 4.78 is 5.88. The van der Waals surface area contributed by atoms with Crippen LogP contribution >= 0.6 is 11.3 Å². The van der Waals surface area contributed by atoms with Gasteiger partial charge in [0.1, 0.15) is 11.8 Å². The number of nitrogens with zero attached hydrogens (tertiary/aromatic N) is 2. The highest BCUT2D eigenvalue weighted by Crippen LogP contribution is 2.29. The Balaban J connectivity index is 1.42. The lowest BCUT2D eigenvalue weighted by Gasteiger charge is -2.23. The SMILES string of the molecule is CCCCCCCOc1ccc(-c2cnc(-c3ccc(C[C@H](NC(=O)c4ccc(C(C)(C)C)s4)C(=O)N[C@@H](C(=O)O)[C@H](C)O)cc3)nc2)cc1. The Labute approximate surface area is 298 Å². The van der Waals surface area contributed by atoms with Crippen LogP contribution in [0.15, 0.2) is 73.1 Å². The number of hydrogen-bond donors (Lipinski definition) is 4. The number of benzene rings is 2. The number of unbranched alkanes of at least 4 members (excludes halogenated alkanes) is 4. The van der Waals surface area contributed by atoms with Crippen molar-refractivity contribution in [1.29, 1.82) is 0 Å². The van der Waals surface area contributed by atoms with Gasteiger partial charge in [0.25, 0.3) is 5.91 Å². The Bertz CT molecular complexity index is 1700. The van der Waals surface area contributed by atoms with E-state index in [9.17, 15) is 24.6 Å². The quantitative estimate of drug-likeness (QED) is 0.0878. The Morgan fingerprint density at radius 3 is 2.06 bits per heavy atom. The molecule has 0 bridgehead atoms. The zero-order valence-electron chi connectivity index (χ0n) is 29.4. The molecule has 0 spiro atoms. The van der Waals surface area contributed by atoms with Crippen molar-refractivity contribution in [1.82, 2.24) is 20.6 Å². The van der Waals surface area contributed by atoms with E-state index in [-0.39, 0.29) is 11.8 Å². The van der Waals surface area contributed by atoms with Crippen molar-refractivity contribution in [3.05, 3.63) is 88.4 Å². The molecule has 266 valence electrons.